The van der Waals surface area contributed by atoms with Gasteiger partial charge in [0.1, 0.15) is 0 Å². The topological polar surface area (TPSA) is 92.6 Å². The molecule has 38 heavy (non-hydrogen) atoms. The maximum atomic E-state index is 13.0. The highest BCUT2D eigenvalue weighted by Gasteiger charge is 2.30. The van der Waals surface area contributed by atoms with Crippen molar-refractivity contribution < 1.29 is 22.6 Å². The molecule has 0 atom stereocenters. The van der Waals surface area contributed by atoms with Crippen LogP contribution in [0, 0.1) is 0 Å². The summed E-state index contributed by atoms with van der Waals surface area (Å²) in [4.78, 5) is 18.6. The molecule has 0 unspecified atom stereocenters. The third kappa shape index (κ3) is 6.90. The first-order chi connectivity index (χ1) is 18.5. The van der Waals surface area contributed by atoms with Gasteiger partial charge in [-0.1, -0.05) is 12.1 Å². The lowest BCUT2D eigenvalue weighted by atomic mass is 10.1. The van der Waals surface area contributed by atoms with Crippen molar-refractivity contribution >= 4 is 22.9 Å². The van der Waals surface area contributed by atoms with Crippen LogP contribution in [0.5, 0.6) is 0 Å². The maximum Gasteiger partial charge on any atom is 0.416 e. The van der Waals surface area contributed by atoms with Gasteiger partial charge in [0.2, 0.25) is 5.95 Å². The molecule has 206 valence electrons. The van der Waals surface area contributed by atoms with Gasteiger partial charge in [0.05, 0.1) is 44.9 Å². The van der Waals surface area contributed by atoms with E-state index in [9.17, 15) is 13.2 Å². The predicted molar refractivity (Wildman–Crippen MR) is 137 cm³/mol. The Kier molecular flexibility index (Phi) is 8.57. The van der Waals surface area contributed by atoms with Crippen molar-refractivity contribution in [2.45, 2.75) is 12.7 Å². The van der Waals surface area contributed by atoms with Crippen molar-refractivity contribution in [2.75, 3.05) is 89.4 Å². The van der Waals surface area contributed by atoms with Gasteiger partial charge >= 0.3 is 6.18 Å². The highest BCUT2D eigenvalue weighted by molar-refractivity contribution is 5.84. The Morgan fingerprint density at radius 1 is 0.816 bits per heavy atom. The molecule has 13 heteroatoms. The van der Waals surface area contributed by atoms with E-state index in [4.69, 9.17) is 19.4 Å². The summed E-state index contributed by atoms with van der Waals surface area (Å²) >= 11 is 0. The van der Waals surface area contributed by atoms with E-state index in [-0.39, 0.29) is 0 Å². The number of nitrogens with one attached hydrogen (secondary N) is 2. The Morgan fingerprint density at radius 3 is 2.03 bits per heavy atom. The summed E-state index contributed by atoms with van der Waals surface area (Å²) in [5.74, 6) is 1.11. The average Bonchev–Trinajstić information content (AvgIpc) is 3.32. The van der Waals surface area contributed by atoms with Crippen molar-refractivity contribution in [2.24, 2.45) is 0 Å². The molecule has 0 saturated carbocycles. The standard InChI is InChI=1S/C25H33F3N8O2/c26-25(27,28)20-3-1-19(2-4-20)17-36-18-31-21-22(29-5-7-34-9-13-37-14-10-34)32-24(33-23(21)36)30-6-8-35-11-15-38-16-12-35/h1-4,18H,5-17H2,(H2,29,30,32,33). The van der Waals surface area contributed by atoms with E-state index in [0.29, 0.717) is 42.6 Å². The number of nitrogens with zero attached hydrogens (tertiary/aromatic N) is 6. The molecule has 1 aromatic carbocycles. The molecule has 2 aliphatic rings. The Bertz CT molecular complexity index is 1180. The van der Waals surface area contributed by atoms with Gasteiger partial charge in [-0.05, 0) is 17.7 Å². The van der Waals surface area contributed by atoms with Crippen LogP contribution in [0.4, 0.5) is 24.9 Å². The summed E-state index contributed by atoms with van der Waals surface area (Å²) in [6.45, 7) is 9.94. The zero-order chi connectivity index (χ0) is 26.4. The molecule has 2 N–H and O–H groups in total. The SMILES string of the molecule is FC(F)(F)c1ccc(Cn2cnc3c(NCCN4CCOCC4)nc(NCCN4CCOCC4)nc32)cc1. The normalized spacial score (nSPS) is 17.7. The fourth-order valence-corrected chi connectivity index (χ4v) is 4.57. The maximum absolute atomic E-state index is 13.0. The van der Waals surface area contributed by atoms with Crippen molar-refractivity contribution in [1.29, 1.82) is 0 Å². The molecule has 0 spiro atoms. The Balaban J connectivity index is 1.32. The molecule has 0 amide bonds. The quantitative estimate of drug-likeness (QED) is 0.407. The van der Waals surface area contributed by atoms with Gasteiger partial charge in [0.15, 0.2) is 17.0 Å². The Morgan fingerprint density at radius 2 is 1.42 bits per heavy atom. The number of benzene rings is 1. The molecule has 2 aromatic heterocycles. The molecule has 10 nitrogen and oxygen atoms in total. The third-order valence-corrected chi connectivity index (χ3v) is 6.74. The Labute approximate surface area is 219 Å². The molecule has 0 bridgehead atoms. The van der Waals surface area contributed by atoms with Crippen molar-refractivity contribution in [1.82, 2.24) is 29.3 Å². The minimum absolute atomic E-state index is 0.339. The van der Waals surface area contributed by atoms with Crippen LogP contribution < -0.4 is 10.6 Å². The fraction of sp³-hybridized carbons (Fsp3) is 0.560. The van der Waals surface area contributed by atoms with Crippen LogP contribution in [0.1, 0.15) is 11.1 Å². The molecule has 0 radical (unpaired) electrons. The summed E-state index contributed by atoms with van der Waals surface area (Å²) < 4.78 is 51.6. The smallest absolute Gasteiger partial charge is 0.379 e. The lowest BCUT2D eigenvalue weighted by Gasteiger charge is -2.26. The zero-order valence-electron chi connectivity index (χ0n) is 21.2. The number of hydrogen-bond acceptors (Lipinski definition) is 9. The highest BCUT2D eigenvalue weighted by Crippen LogP contribution is 2.29. The number of morpholine rings is 2. The number of halogens is 3. The van der Waals surface area contributed by atoms with Crippen LogP contribution in [-0.4, -0.2) is 108 Å². The minimum Gasteiger partial charge on any atom is -0.379 e. The molecular formula is C25H33F3N8O2. The zero-order valence-corrected chi connectivity index (χ0v) is 21.2. The first-order valence-electron chi connectivity index (χ1n) is 12.9. The van der Waals surface area contributed by atoms with Gasteiger partial charge in [-0.3, -0.25) is 9.80 Å². The third-order valence-electron chi connectivity index (χ3n) is 6.74. The molecule has 0 aliphatic carbocycles. The molecule has 2 saturated heterocycles. The van der Waals surface area contributed by atoms with Gasteiger partial charge in [0, 0.05) is 52.4 Å². The van der Waals surface area contributed by atoms with Crippen LogP contribution in [0.3, 0.4) is 0 Å². The number of rotatable bonds is 10. The van der Waals surface area contributed by atoms with E-state index < -0.39 is 11.7 Å². The van der Waals surface area contributed by atoms with E-state index in [1.165, 1.54) is 12.1 Å². The first kappa shape index (κ1) is 26.6. The molecule has 2 aliphatic heterocycles. The summed E-state index contributed by atoms with van der Waals surface area (Å²) in [5.41, 5.74) is 1.29. The van der Waals surface area contributed by atoms with E-state index in [0.717, 1.165) is 83.4 Å². The first-order valence-corrected chi connectivity index (χ1v) is 12.9. The van der Waals surface area contributed by atoms with E-state index >= 15 is 0 Å². The van der Waals surface area contributed by atoms with Gasteiger partial charge in [-0.2, -0.15) is 23.1 Å². The summed E-state index contributed by atoms with van der Waals surface area (Å²) in [6.07, 6.45) is -2.71. The number of alkyl halides is 3. The monoisotopic (exact) mass is 534 g/mol. The molecule has 5 rings (SSSR count). The lowest BCUT2D eigenvalue weighted by molar-refractivity contribution is -0.137. The number of aromatic nitrogens is 4. The molecule has 3 aromatic rings. The summed E-state index contributed by atoms with van der Waals surface area (Å²) in [7, 11) is 0. The minimum atomic E-state index is -4.36. The summed E-state index contributed by atoms with van der Waals surface area (Å²) in [5, 5.41) is 6.75. The van der Waals surface area contributed by atoms with E-state index in [1.807, 2.05) is 4.57 Å². The predicted octanol–water partition coefficient (Wildman–Crippen LogP) is 2.38. The fourth-order valence-electron chi connectivity index (χ4n) is 4.57. The average molecular weight is 535 g/mol. The van der Waals surface area contributed by atoms with Crippen LogP contribution >= 0.6 is 0 Å². The number of imidazole rings is 1. The van der Waals surface area contributed by atoms with E-state index in [1.54, 1.807) is 6.33 Å². The van der Waals surface area contributed by atoms with Crippen LogP contribution in [0.2, 0.25) is 0 Å². The van der Waals surface area contributed by atoms with Crippen molar-refractivity contribution in [3.63, 3.8) is 0 Å². The number of fused-ring (bicyclic) bond motifs is 1. The lowest BCUT2D eigenvalue weighted by Crippen LogP contribution is -2.39. The van der Waals surface area contributed by atoms with Crippen molar-refractivity contribution in [3.05, 3.63) is 41.7 Å². The van der Waals surface area contributed by atoms with Gasteiger partial charge in [-0.15, -0.1) is 0 Å². The van der Waals surface area contributed by atoms with E-state index in [2.05, 4.69) is 25.4 Å². The van der Waals surface area contributed by atoms with Crippen LogP contribution in [-0.2, 0) is 22.2 Å². The van der Waals surface area contributed by atoms with Gasteiger partial charge < -0.3 is 24.7 Å². The molecular weight excluding hydrogens is 501 g/mol. The van der Waals surface area contributed by atoms with Gasteiger partial charge in [0.25, 0.3) is 0 Å². The Hall–Kier alpha value is -3.00. The number of hydrogen-bond donors (Lipinski definition) is 2. The second kappa shape index (κ2) is 12.2. The molecule has 4 heterocycles. The second-order valence-electron chi connectivity index (χ2n) is 9.40. The highest BCUT2D eigenvalue weighted by atomic mass is 19.4. The van der Waals surface area contributed by atoms with Crippen LogP contribution in [0.15, 0.2) is 30.6 Å². The number of ether oxygens (including phenoxy) is 2. The van der Waals surface area contributed by atoms with Crippen LogP contribution in [0.25, 0.3) is 11.2 Å². The number of anilines is 2. The largest absolute Gasteiger partial charge is 0.416 e. The summed E-state index contributed by atoms with van der Waals surface area (Å²) in [6, 6.07) is 5.17. The molecule has 2 fully saturated rings. The van der Waals surface area contributed by atoms with Crippen molar-refractivity contribution in [3.8, 4) is 0 Å². The van der Waals surface area contributed by atoms with Gasteiger partial charge in [-0.25, -0.2) is 4.98 Å². The second-order valence-corrected chi connectivity index (χ2v) is 9.40.